The molecule has 0 aromatic carbocycles. The minimum absolute atomic E-state index is 0.0426. The van der Waals surface area contributed by atoms with E-state index in [-0.39, 0.29) is 23.6 Å². The number of nitrogens with zero attached hydrogens (tertiary/aromatic N) is 6. The Morgan fingerprint density at radius 2 is 1.82 bits per heavy atom. The number of aromatic amines is 1. The first kappa shape index (κ1) is 23.5. The summed E-state index contributed by atoms with van der Waals surface area (Å²) in [6.07, 6.45) is 3.29. The molecule has 4 rings (SSSR count). The third kappa shape index (κ3) is 5.31. The second kappa shape index (κ2) is 8.62. The number of H-pyrrole nitrogens is 1. The predicted octanol–water partition coefficient (Wildman–Crippen LogP) is 2.91. The van der Waals surface area contributed by atoms with E-state index < -0.39 is 5.60 Å². The van der Waals surface area contributed by atoms with Crippen molar-refractivity contribution in [3.8, 4) is 5.88 Å². The second-order valence-corrected chi connectivity index (χ2v) is 11.3. The summed E-state index contributed by atoms with van der Waals surface area (Å²) in [5.41, 5.74) is 0.741. The van der Waals surface area contributed by atoms with Crippen LogP contribution in [-0.4, -0.2) is 93.9 Å². The van der Waals surface area contributed by atoms with Crippen molar-refractivity contribution >= 4 is 23.2 Å². The van der Waals surface area contributed by atoms with Crippen molar-refractivity contribution in [1.82, 2.24) is 29.7 Å². The molecule has 2 aromatic rings. The SMILES string of the molecule is CN(C)CC(C)(C)COc1nc(N2C[C@H]3CC[C@@H](C2)N3C(=O)OC(C)(C)C)nc2nc[nH]c12. The quantitative estimate of drug-likeness (QED) is 0.704. The Hall–Kier alpha value is -2.62. The normalized spacial score (nSPS) is 21.2. The van der Waals surface area contributed by atoms with Crippen LogP contribution in [-0.2, 0) is 4.74 Å². The molecule has 182 valence electrons. The summed E-state index contributed by atoms with van der Waals surface area (Å²) in [7, 11) is 4.12. The maximum Gasteiger partial charge on any atom is 0.410 e. The number of carbonyl (C=O) groups excluding carboxylic acids is 1. The number of amides is 1. The number of nitrogens with one attached hydrogen (secondary N) is 1. The summed E-state index contributed by atoms with van der Waals surface area (Å²) >= 11 is 0. The van der Waals surface area contributed by atoms with Crippen LogP contribution in [0.2, 0.25) is 0 Å². The van der Waals surface area contributed by atoms with Crippen LogP contribution in [0.5, 0.6) is 5.88 Å². The molecular weight excluding hydrogens is 422 g/mol. The van der Waals surface area contributed by atoms with Crippen LogP contribution in [0.25, 0.3) is 11.2 Å². The lowest BCUT2D eigenvalue weighted by atomic mass is 9.94. The van der Waals surface area contributed by atoms with E-state index in [2.05, 4.69) is 52.7 Å². The van der Waals surface area contributed by atoms with Crippen molar-refractivity contribution in [2.45, 2.75) is 65.1 Å². The topological polar surface area (TPSA) is 99.7 Å². The van der Waals surface area contributed by atoms with E-state index in [4.69, 9.17) is 14.5 Å². The van der Waals surface area contributed by atoms with E-state index in [0.29, 0.717) is 42.7 Å². The number of carbonyl (C=O) groups is 1. The van der Waals surface area contributed by atoms with Gasteiger partial charge in [-0.3, -0.25) is 4.90 Å². The summed E-state index contributed by atoms with van der Waals surface area (Å²) in [6, 6.07) is 0.168. The van der Waals surface area contributed by atoms with Gasteiger partial charge in [0, 0.05) is 25.0 Å². The number of fused-ring (bicyclic) bond motifs is 3. The molecule has 2 aromatic heterocycles. The highest BCUT2D eigenvalue weighted by Gasteiger charge is 2.45. The van der Waals surface area contributed by atoms with Crippen LogP contribution in [0.3, 0.4) is 0 Å². The highest BCUT2D eigenvalue weighted by atomic mass is 16.6. The first-order chi connectivity index (χ1) is 15.4. The number of ether oxygens (including phenoxy) is 2. The number of aromatic nitrogens is 4. The highest BCUT2D eigenvalue weighted by molar-refractivity contribution is 5.77. The summed E-state index contributed by atoms with van der Waals surface area (Å²) in [5.74, 6) is 1.11. The van der Waals surface area contributed by atoms with Crippen molar-refractivity contribution in [2.24, 2.45) is 5.41 Å². The number of hydrogen-bond acceptors (Lipinski definition) is 8. The molecule has 1 N–H and O–H groups in total. The summed E-state index contributed by atoms with van der Waals surface area (Å²) in [4.78, 5) is 35.9. The molecule has 2 fully saturated rings. The van der Waals surface area contributed by atoms with Crippen molar-refractivity contribution in [2.75, 3.05) is 45.2 Å². The molecule has 0 aliphatic carbocycles. The third-order valence-corrected chi connectivity index (χ3v) is 5.95. The van der Waals surface area contributed by atoms with Crippen LogP contribution < -0.4 is 9.64 Å². The Morgan fingerprint density at radius 3 is 2.42 bits per heavy atom. The molecular formula is C23H37N7O3. The van der Waals surface area contributed by atoms with Gasteiger partial charge >= 0.3 is 6.09 Å². The fourth-order valence-corrected chi connectivity index (χ4v) is 4.89. The Kier molecular flexibility index (Phi) is 6.15. The molecule has 2 aliphatic rings. The average molecular weight is 460 g/mol. The van der Waals surface area contributed by atoms with Gasteiger partial charge in [0.25, 0.3) is 0 Å². The molecule has 2 saturated heterocycles. The Labute approximate surface area is 195 Å². The van der Waals surface area contributed by atoms with Crippen LogP contribution in [0, 0.1) is 5.41 Å². The average Bonchev–Trinajstić information content (AvgIpc) is 3.25. The van der Waals surface area contributed by atoms with Gasteiger partial charge in [-0.1, -0.05) is 13.8 Å². The van der Waals surface area contributed by atoms with E-state index in [9.17, 15) is 4.79 Å². The Bertz CT molecular complexity index is 984. The molecule has 33 heavy (non-hydrogen) atoms. The molecule has 0 saturated carbocycles. The molecule has 10 nitrogen and oxygen atoms in total. The van der Waals surface area contributed by atoms with Gasteiger partial charge < -0.3 is 24.3 Å². The van der Waals surface area contributed by atoms with Crippen LogP contribution in [0.4, 0.5) is 10.7 Å². The third-order valence-electron chi connectivity index (χ3n) is 5.95. The van der Waals surface area contributed by atoms with E-state index in [1.165, 1.54) is 0 Å². The molecule has 0 unspecified atom stereocenters. The Morgan fingerprint density at radius 1 is 1.15 bits per heavy atom. The van der Waals surface area contributed by atoms with E-state index in [1.54, 1.807) is 6.33 Å². The van der Waals surface area contributed by atoms with Gasteiger partial charge in [-0.15, -0.1) is 0 Å². The van der Waals surface area contributed by atoms with Gasteiger partial charge in [-0.25, -0.2) is 9.78 Å². The number of hydrogen-bond donors (Lipinski definition) is 1. The fourth-order valence-electron chi connectivity index (χ4n) is 4.89. The van der Waals surface area contributed by atoms with Gasteiger partial charge in [0.05, 0.1) is 25.0 Å². The lowest BCUT2D eigenvalue weighted by Gasteiger charge is -2.41. The maximum atomic E-state index is 12.8. The molecule has 2 aliphatic heterocycles. The van der Waals surface area contributed by atoms with E-state index >= 15 is 0 Å². The van der Waals surface area contributed by atoms with Crippen LogP contribution in [0.1, 0.15) is 47.5 Å². The van der Waals surface area contributed by atoms with Gasteiger partial charge in [-0.05, 0) is 47.7 Å². The maximum absolute atomic E-state index is 12.8. The summed E-state index contributed by atoms with van der Waals surface area (Å²) in [6.45, 7) is 12.8. The first-order valence-electron chi connectivity index (χ1n) is 11.7. The highest BCUT2D eigenvalue weighted by Crippen LogP contribution is 2.34. The predicted molar refractivity (Wildman–Crippen MR) is 127 cm³/mol. The van der Waals surface area contributed by atoms with E-state index in [1.807, 2.05) is 25.7 Å². The lowest BCUT2D eigenvalue weighted by molar-refractivity contribution is 0.0122. The van der Waals surface area contributed by atoms with Crippen LogP contribution in [0.15, 0.2) is 6.33 Å². The minimum atomic E-state index is -0.506. The smallest absolute Gasteiger partial charge is 0.410 e. The molecule has 2 atom stereocenters. The molecule has 2 bridgehead atoms. The molecule has 1 amide bonds. The van der Waals surface area contributed by atoms with Gasteiger partial charge in [0.2, 0.25) is 11.8 Å². The molecule has 4 heterocycles. The monoisotopic (exact) mass is 459 g/mol. The zero-order valence-corrected chi connectivity index (χ0v) is 20.9. The van der Waals surface area contributed by atoms with Crippen molar-refractivity contribution < 1.29 is 14.3 Å². The molecule has 0 radical (unpaired) electrons. The number of imidazole rings is 1. The minimum Gasteiger partial charge on any atom is -0.475 e. The van der Waals surface area contributed by atoms with Gasteiger partial charge in [-0.2, -0.15) is 9.97 Å². The zero-order chi connectivity index (χ0) is 24.0. The van der Waals surface area contributed by atoms with Crippen LogP contribution >= 0.6 is 0 Å². The first-order valence-corrected chi connectivity index (χ1v) is 11.7. The zero-order valence-electron chi connectivity index (χ0n) is 20.9. The molecule has 10 heteroatoms. The second-order valence-electron chi connectivity index (χ2n) is 11.3. The summed E-state index contributed by atoms with van der Waals surface area (Å²) in [5, 5.41) is 0. The molecule has 0 spiro atoms. The number of piperazine rings is 1. The fraction of sp³-hybridized carbons (Fsp3) is 0.739. The standard InChI is InChI=1S/C23H37N7O3/c1-22(2,3)33-21(31)30-15-8-9-16(30)11-29(10-15)20-26-18-17(24-14-25-18)19(27-20)32-13-23(4,5)12-28(6)7/h14-16H,8-13H2,1-7H3,(H,24,25,26,27)/t15-,16+. The van der Waals surface area contributed by atoms with Crippen molar-refractivity contribution in [3.63, 3.8) is 0 Å². The van der Waals surface area contributed by atoms with Crippen molar-refractivity contribution in [3.05, 3.63) is 6.33 Å². The Balaban J connectivity index is 1.52. The number of rotatable bonds is 6. The van der Waals surface area contributed by atoms with Gasteiger partial charge in [0.1, 0.15) is 11.1 Å². The van der Waals surface area contributed by atoms with Crippen molar-refractivity contribution in [1.29, 1.82) is 0 Å². The van der Waals surface area contributed by atoms with E-state index in [0.717, 1.165) is 19.4 Å². The largest absolute Gasteiger partial charge is 0.475 e. The lowest BCUT2D eigenvalue weighted by Crippen LogP contribution is -2.57. The van der Waals surface area contributed by atoms with Gasteiger partial charge in [0.15, 0.2) is 5.65 Å². The summed E-state index contributed by atoms with van der Waals surface area (Å²) < 4.78 is 11.9. The number of anilines is 1.